The van der Waals surface area contributed by atoms with E-state index in [2.05, 4.69) is 29.4 Å². The van der Waals surface area contributed by atoms with Crippen molar-refractivity contribution in [2.24, 2.45) is 0 Å². The minimum absolute atomic E-state index is 0.648. The second-order valence-electron chi connectivity index (χ2n) is 5.45. The van der Waals surface area contributed by atoms with E-state index in [4.69, 9.17) is 4.42 Å². The molecule has 3 heteroatoms. The molecule has 1 aromatic heterocycles. The molecule has 0 saturated carbocycles. The minimum Gasteiger partial charge on any atom is -0.441 e. The summed E-state index contributed by atoms with van der Waals surface area (Å²) in [5.74, 6) is 0.885. The number of aromatic nitrogens is 1. The largest absolute Gasteiger partial charge is 0.441 e. The van der Waals surface area contributed by atoms with E-state index in [1.807, 2.05) is 6.07 Å². The number of rotatable bonds is 4. The Morgan fingerprint density at radius 1 is 1.37 bits per heavy atom. The van der Waals surface area contributed by atoms with Crippen LogP contribution in [0.15, 0.2) is 22.6 Å². The quantitative estimate of drug-likeness (QED) is 0.912. The number of nitrogens with one attached hydrogen (secondary N) is 1. The lowest BCUT2D eigenvalue weighted by Gasteiger charge is -2.22. The molecule has 0 aliphatic carbocycles. The van der Waals surface area contributed by atoms with Gasteiger partial charge in [-0.2, -0.15) is 0 Å². The average molecular weight is 258 g/mol. The molecule has 1 aliphatic rings. The molecule has 1 fully saturated rings. The number of hydrogen-bond donors (Lipinski definition) is 1. The highest BCUT2D eigenvalue weighted by atomic mass is 16.3. The van der Waals surface area contributed by atoms with Gasteiger partial charge in [-0.15, -0.1) is 0 Å². The average Bonchev–Trinajstić information content (AvgIpc) is 2.88. The van der Waals surface area contributed by atoms with Crippen LogP contribution >= 0.6 is 0 Å². The van der Waals surface area contributed by atoms with E-state index in [0.29, 0.717) is 6.04 Å². The predicted octanol–water partition coefficient (Wildman–Crippen LogP) is 3.46. The van der Waals surface area contributed by atoms with Gasteiger partial charge in [0.25, 0.3) is 0 Å². The SMILES string of the molecule is CCc1ccc2oc(CCC3CCCCN3)nc2c1. The van der Waals surface area contributed by atoms with Crippen molar-refractivity contribution < 1.29 is 4.42 Å². The van der Waals surface area contributed by atoms with Gasteiger partial charge in [0.2, 0.25) is 0 Å². The van der Waals surface area contributed by atoms with Crippen LogP contribution in [0.2, 0.25) is 0 Å². The molecule has 2 heterocycles. The van der Waals surface area contributed by atoms with Crippen LogP contribution in [-0.2, 0) is 12.8 Å². The zero-order valence-electron chi connectivity index (χ0n) is 11.6. The molecular weight excluding hydrogens is 236 g/mol. The van der Waals surface area contributed by atoms with E-state index in [-0.39, 0.29) is 0 Å². The number of oxazole rings is 1. The number of hydrogen-bond acceptors (Lipinski definition) is 3. The Kier molecular flexibility index (Phi) is 3.83. The fourth-order valence-corrected chi connectivity index (χ4v) is 2.82. The molecule has 1 saturated heterocycles. The highest BCUT2D eigenvalue weighted by Crippen LogP contribution is 2.20. The van der Waals surface area contributed by atoms with Crippen molar-refractivity contribution in [1.82, 2.24) is 10.3 Å². The third kappa shape index (κ3) is 2.98. The molecular formula is C16H22N2O. The summed E-state index contributed by atoms with van der Waals surface area (Å²) in [5, 5.41) is 3.57. The fourth-order valence-electron chi connectivity index (χ4n) is 2.82. The monoisotopic (exact) mass is 258 g/mol. The van der Waals surface area contributed by atoms with Crippen LogP contribution in [0.5, 0.6) is 0 Å². The van der Waals surface area contributed by atoms with E-state index in [9.17, 15) is 0 Å². The first-order valence-corrected chi connectivity index (χ1v) is 7.47. The number of benzene rings is 1. The van der Waals surface area contributed by atoms with E-state index < -0.39 is 0 Å². The van der Waals surface area contributed by atoms with Crippen molar-refractivity contribution in [3.05, 3.63) is 29.7 Å². The number of fused-ring (bicyclic) bond motifs is 1. The third-order valence-corrected chi connectivity index (χ3v) is 4.02. The summed E-state index contributed by atoms with van der Waals surface area (Å²) < 4.78 is 5.82. The lowest BCUT2D eigenvalue weighted by atomic mass is 10.0. The smallest absolute Gasteiger partial charge is 0.195 e. The minimum atomic E-state index is 0.648. The van der Waals surface area contributed by atoms with E-state index >= 15 is 0 Å². The van der Waals surface area contributed by atoms with Gasteiger partial charge >= 0.3 is 0 Å². The summed E-state index contributed by atoms with van der Waals surface area (Å²) in [6, 6.07) is 6.96. The summed E-state index contributed by atoms with van der Waals surface area (Å²) in [7, 11) is 0. The summed E-state index contributed by atoms with van der Waals surface area (Å²) >= 11 is 0. The molecule has 2 aromatic rings. The first-order chi connectivity index (χ1) is 9.35. The van der Waals surface area contributed by atoms with Crippen molar-refractivity contribution in [3.63, 3.8) is 0 Å². The molecule has 0 radical (unpaired) electrons. The fraction of sp³-hybridized carbons (Fsp3) is 0.562. The van der Waals surface area contributed by atoms with Gasteiger partial charge in [-0.3, -0.25) is 0 Å². The van der Waals surface area contributed by atoms with Crippen molar-refractivity contribution in [3.8, 4) is 0 Å². The summed E-state index contributed by atoms with van der Waals surface area (Å²) in [6.45, 7) is 3.33. The number of aryl methyl sites for hydroxylation is 2. The highest BCUT2D eigenvalue weighted by Gasteiger charge is 2.14. The lowest BCUT2D eigenvalue weighted by molar-refractivity contribution is 0.371. The zero-order chi connectivity index (χ0) is 13.1. The Balaban J connectivity index is 1.67. The Hall–Kier alpha value is -1.35. The molecule has 0 spiro atoms. The maximum Gasteiger partial charge on any atom is 0.195 e. The summed E-state index contributed by atoms with van der Waals surface area (Å²) in [6.07, 6.45) is 7.08. The van der Waals surface area contributed by atoms with Gasteiger partial charge in [0.1, 0.15) is 5.52 Å². The first kappa shape index (κ1) is 12.7. The topological polar surface area (TPSA) is 38.1 Å². The molecule has 3 nitrogen and oxygen atoms in total. The zero-order valence-corrected chi connectivity index (χ0v) is 11.6. The van der Waals surface area contributed by atoms with Crippen LogP contribution in [0.4, 0.5) is 0 Å². The third-order valence-electron chi connectivity index (χ3n) is 4.02. The van der Waals surface area contributed by atoms with E-state index in [0.717, 1.165) is 42.8 Å². The first-order valence-electron chi connectivity index (χ1n) is 7.47. The molecule has 1 unspecified atom stereocenters. The Morgan fingerprint density at radius 2 is 2.32 bits per heavy atom. The maximum atomic E-state index is 5.82. The predicted molar refractivity (Wildman–Crippen MR) is 77.3 cm³/mol. The van der Waals surface area contributed by atoms with Crippen LogP contribution < -0.4 is 5.32 Å². The second-order valence-corrected chi connectivity index (χ2v) is 5.45. The lowest BCUT2D eigenvalue weighted by Crippen LogP contribution is -2.34. The van der Waals surface area contributed by atoms with Crippen molar-refractivity contribution >= 4 is 11.1 Å². The highest BCUT2D eigenvalue weighted by molar-refractivity contribution is 5.73. The van der Waals surface area contributed by atoms with Crippen LogP contribution in [-0.4, -0.2) is 17.6 Å². The summed E-state index contributed by atoms with van der Waals surface area (Å²) in [4.78, 5) is 4.61. The Labute approximate surface area is 114 Å². The Morgan fingerprint density at radius 3 is 3.11 bits per heavy atom. The normalized spacial score (nSPS) is 19.9. The molecule has 102 valence electrons. The van der Waals surface area contributed by atoms with Crippen LogP contribution in [0.3, 0.4) is 0 Å². The molecule has 1 aliphatic heterocycles. The standard InChI is InChI=1S/C16H22N2O/c1-2-12-6-8-15-14(11-12)18-16(19-15)9-7-13-5-3-4-10-17-13/h6,8,11,13,17H,2-5,7,9-10H2,1H3. The van der Waals surface area contributed by atoms with Gasteiger partial charge in [0.05, 0.1) is 0 Å². The van der Waals surface area contributed by atoms with Crippen LogP contribution in [0.1, 0.15) is 44.1 Å². The maximum absolute atomic E-state index is 5.82. The molecule has 19 heavy (non-hydrogen) atoms. The van der Waals surface area contributed by atoms with Crippen molar-refractivity contribution in [1.29, 1.82) is 0 Å². The van der Waals surface area contributed by atoms with Gasteiger partial charge in [0, 0.05) is 12.5 Å². The van der Waals surface area contributed by atoms with Gasteiger partial charge in [0.15, 0.2) is 11.5 Å². The van der Waals surface area contributed by atoms with E-state index in [1.165, 1.54) is 24.8 Å². The molecule has 1 aromatic carbocycles. The Bertz CT molecular complexity index is 541. The second kappa shape index (κ2) is 5.74. The molecule has 0 bridgehead atoms. The van der Waals surface area contributed by atoms with Gasteiger partial charge in [-0.25, -0.2) is 4.98 Å². The number of nitrogens with zero attached hydrogens (tertiary/aromatic N) is 1. The van der Waals surface area contributed by atoms with Crippen LogP contribution in [0.25, 0.3) is 11.1 Å². The molecule has 1 atom stereocenters. The summed E-state index contributed by atoms with van der Waals surface area (Å²) in [5.41, 5.74) is 3.25. The molecule has 1 N–H and O–H groups in total. The number of piperidine rings is 1. The van der Waals surface area contributed by atoms with Crippen molar-refractivity contribution in [2.75, 3.05) is 6.54 Å². The van der Waals surface area contributed by atoms with Gasteiger partial charge < -0.3 is 9.73 Å². The van der Waals surface area contributed by atoms with E-state index in [1.54, 1.807) is 0 Å². The van der Waals surface area contributed by atoms with Crippen LogP contribution in [0, 0.1) is 0 Å². The molecule has 0 amide bonds. The van der Waals surface area contributed by atoms with Gasteiger partial charge in [-0.05, 0) is 49.9 Å². The van der Waals surface area contributed by atoms with Gasteiger partial charge in [-0.1, -0.05) is 19.4 Å². The van der Waals surface area contributed by atoms with Crippen molar-refractivity contribution in [2.45, 2.75) is 51.5 Å². The molecule has 3 rings (SSSR count).